The average Bonchev–Trinajstić information content (AvgIpc) is 2.85. The third kappa shape index (κ3) is 3.63. The van der Waals surface area contributed by atoms with Crippen molar-refractivity contribution >= 4 is 28.9 Å². The van der Waals surface area contributed by atoms with Gasteiger partial charge in [-0.1, -0.05) is 17.8 Å². The number of rotatable bonds is 5. The minimum Gasteiger partial charge on any atom is -0.297 e. The Bertz CT molecular complexity index is 604. The Morgan fingerprint density at radius 2 is 2.42 bits per heavy atom. The molecule has 0 saturated carbocycles. The van der Waals surface area contributed by atoms with Crippen LogP contribution in [0.4, 0.5) is 0 Å². The molecular formula is C13H11N3OS2. The van der Waals surface area contributed by atoms with Gasteiger partial charge in [-0.25, -0.2) is 9.97 Å². The highest BCUT2D eigenvalue weighted by molar-refractivity contribution is 7.99. The molecule has 0 amide bonds. The fraction of sp³-hybridized carbons (Fsp3) is 0.231. The summed E-state index contributed by atoms with van der Waals surface area (Å²) < 4.78 is 0. The number of carbonyl (C=O) groups excluding carboxylic acids is 1. The van der Waals surface area contributed by atoms with Crippen molar-refractivity contribution < 1.29 is 4.79 Å². The summed E-state index contributed by atoms with van der Waals surface area (Å²) in [4.78, 5) is 20.4. The molecular weight excluding hydrogens is 278 g/mol. The number of thiazole rings is 1. The lowest BCUT2D eigenvalue weighted by atomic mass is 10.1. The number of pyridine rings is 1. The molecule has 0 bridgehead atoms. The summed E-state index contributed by atoms with van der Waals surface area (Å²) in [6.45, 7) is 1.85. The fourth-order valence-electron chi connectivity index (χ4n) is 1.43. The molecule has 6 heteroatoms. The fourth-order valence-corrected chi connectivity index (χ4v) is 3.06. The molecule has 0 aliphatic rings. The van der Waals surface area contributed by atoms with Gasteiger partial charge in [-0.15, -0.1) is 11.3 Å². The standard InChI is InChI=1S/C13H11N3OS2/c1-9-7-19-13(16-9)10(6-14)11(17)8-18-12-4-2-3-5-15-12/h2-5,7,10H,8H2,1H3/t10-/m1/s1. The van der Waals surface area contributed by atoms with E-state index in [4.69, 9.17) is 5.26 Å². The number of aromatic nitrogens is 2. The van der Waals surface area contributed by atoms with Crippen LogP contribution >= 0.6 is 23.1 Å². The van der Waals surface area contributed by atoms with Crippen LogP contribution in [0.25, 0.3) is 0 Å². The number of ketones is 1. The van der Waals surface area contributed by atoms with Gasteiger partial charge in [0, 0.05) is 17.3 Å². The van der Waals surface area contributed by atoms with E-state index in [2.05, 4.69) is 9.97 Å². The topological polar surface area (TPSA) is 66.6 Å². The van der Waals surface area contributed by atoms with E-state index in [1.165, 1.54) is 23.1 Å². The lowest BCUT2D eigenvalue weighted by Gasteiger charge is -2.04. The normalized spacial score (nSPS) is 11.8. The van der Waals surface area contributed by atoms with Gasteiger partial charge in [-0.2, -0.15) is 5.26 Å². The molecule has 0 spiro atoms. The molecule has 0 saturated heterocycles. The minimum absolute atomic E-state index is 0.132. The minimum atomic E-state index is -0.769. The monoisotopic (exact) mass is 289 g/mol. The Labute approximate surface area is 119 Å². The summed E-state index contributed by atoms with van der Waals surface area (Å²) in [7, 11) is 0. The van der Waals surface area contributed by atoms with Crippen LogP contribution in [0.15, 0.2) is 34.8 Å². The van der Waals surface area contributed by atoms with Crippen molar-refractivity contribution in [2.24, 2.45) is 0 Å². The van der Waals surface area contributed by atoms with Gasteiger partial charge in [-0.3, -0.25) is 4.79 Å². The molecule has 2 rings (SSSR count). The number of hydrogen-bond donors (Lipinski definition) is 0. The first-order valence-corrected chi connectivity index (χ1v) is 7.45. The van der Waals surface area contributed by atoms with Gasteiger partial charge in [0.25, 0.3) is 0 Å². The lowest BCUT2D eigenvalue weighted by Crippen LogP contribution is -2.13. The van der Waals surface area contributed by atoms with Gasteiger partial charge in [0.2, 0.25) is 0 Å². The first-order chi connectivity index (χ1) is 9.20. The Kier molecular flexibility index (Phi) is 4.66. The Morgan fingerprint density at radius 1 is 1.58 bits per heavy atom. The number of hydrogen-bond acceptors (Lipinski definition) is 6. The van der Waals surface area contributed by atoms with E-state index in [9.17, 15) is 4.79 Å². The number of nitriles is 1. The Hall–Kier alpha value is -1.71. The summed E-state index contributed by atoms with van der Waals surface area (Å²) >= 11 is 2.69. The molecule has 0 N–H and O–H groups in total. The van der Waals surface area contributed by atoms with E-state index in [0.717, 1.165) is 10.7 Å². The molecule has 0 unspecified atom stereocenters. The quantitative estimate of drug-likeness (QED) is 0.792. The highest BCUT2D eigenvalue weighted by atomic mass is 32.2. The largest absolute Gasteiger partial charge is 0.297 e. The Balaban J connectivity index is 2.00. The maximum Gasteiger partial charge on any atom is 0.167 e. The second-order valence-electron chi connectivity index (χ2n) is 3.81. The van der Waals surface area contributed by atoms with Crippen molar-refractivity contribution in [2.45, 2.75) is 17.9 Å². The van der Waals surface area contributed by atoms with Gasteiger partial charge in [-0.05, 0) is 19.1 Å². The van der Waals surface area contributed by atoms with E-state index in [-0.39, 0.29) is 11.5 Å². The van der Waals surface area contributed by atoms with Crippen molar-refractivity contribution in [1.29, 1.82) is 5.26 Å². The SMILES string of the molecule is Cc1csc([C@H](C#N)C(=O)CSc2ccccn2)n1. The lowest BCUT2D eigenvalue weighted by molar-refractivity contribution is -0.116. The van der Waals surface area contributed by atoms with Crippen molar-refractivity contribution in [3.63, 3.8) is 0 Å². The number of Topliss-reactive ketones (excluding diaryl/α,β-unsaturated/α-hetero) is 1. The maximum absolute atomic E-state index is 12.1. The average molecular weight is 289 g/mol. The number of aryl methyl sites for hydroxylation is 1. The first kappa shape index (κ1) is 13.7. The molecule has 0 aliphatic carbocycles. The van der Waals surface area contributed by atoms with E-state index < -0.39 is 5.92 Å². The summed E-state index contributed by atoms with van der Waals surface area (Å²) in [5.41, 5.74) is 0.838. The maximum atomic E-state index is 12.1. The summed E-state index contributed by atoms with van der Waals surface area (Å²) in [5.74, 6) is -0.671. The van der Waals surface area contributed by atoms with Gasteiger partial charge in [0.05, 0.1) is 16.8 Å². The third-order valence-electron chi connectivity index (χ3n) is 2.33. The van der Waals surface area contributed by atoms with Crippen LogP contribution in [0.3, 0.4) is 0 Å². The van der Waals surface area contributed by atoms with Crippen molar-refractivity contribution in [3.05, 3.63) is 40.5 Å². The molecule has 19 heavy (non-hydrogen) atoms. The van der Waals surface area contributed by atoms with E-state index in [1.54, 1.807) is 6.20 Å². The predicted molar refractivity (Wildman–Crippen MR) is 75.2 cm³/mol. The van der Waals surface area contributed by atoms with Crippen LogP contribution in [0.5, 0.6) is 0 Å². The van der Waals surface area contributed by atoms with Gasteiger partial charge in [0.1, 0.15) is 5.01 Å². The van der Waals surface area contributed by atoms with Crippen LogP contribution in [-0.2, 0) is 4.79 Å². The van der Waals surface area contributed by atoms with Crippen molar-refractivity contribution in [1.82, 2.24) is 9.97 Å². The third-order valence-corrected chi connectivity index (χ3v) is 4.33. The van der Waals surface area contributed by atoms with Gasteiger partial charge < -0.3 is 0 Å². The van der Waals surface area contributed by atoms with Crippen LogP contribution in [0.2, 0.25) is 0 Å². The number of thioether (sulfide) groups is 1. The molecule has 1 atom stereocenters. The molecule has 2 aromatic rings. The molecule has 96 valence electrons. The highest BCUT2D eigenvalue weighted by Gasteiger charge is 2.23. The zero-order valence-corrected chi connectivity index (χ0v) is 11.9. The predicted octanol–water partition coefficient (Wildman–Crippen LogP) is 2.82. The zero-order chi connectivity index (χ0) is 13.7. The molecule has 2 aromatic heterocycles. The van der Waals surface area contributed by atoms with Crippen molar-refractivity contribution in [3.8, 4) is 6.07 Å². The number of carbonyl (C=O) groups is 1. The van der Waals surface area contributed by atoms with Crippen LogP contribution in [-0.4, -0.2) is 21.5 Å². The molecule has 0 radical (unpaired) electrons. The molecule has 0 fully saturated rings. The highest BCUT2D eigenvalue weighted by Crippen LogP contribution is 2.23. The smallest absolute Gasteiger partial charge is 0.167 e. The molecule has 0 aliphatic heterocycles. The summed E-state index contributed by atoms with van der Waals surface area (Å²) in [6.07, 6.45) is 1.68. The second-order valence-corrected chi connectivity index (χ2v) is 5.70. The molecule has 2 heterocycles. The second kappa shape index (κ2) is 6.45. The van der Waals surface area contributed by atoms with Crippen LogP contribution in [0, 0.1) is 18.3 Å². The number of nitrogens with zero attached hydrogens (tertiary/aromatic N) is 3. The van der Waals surface area contributed by atoms with E-state index in [1.807, 2.05) is 36.6 Å². The first-order valence-electron chi connectivity index (χ1n) is 5.59. The molecule has 0 aromatic carbocycles. The van der Waals surface area contributed by atoms with Crippen LogP contribution < -0.4 is 0 Å². The van der Waals surface area contributed by atoms with Crippen molar-refractivity contribution in [2.75, 3.05) is 5.75 Å². The van der Waals surface area contributed by atoms with Gasteiger partial charge >= 0.3 is 0 Å². The van der Waals surface area contributed by atoms with E-state index >= 15 is 0 Å². The van der Waals surface area contributed by atoms with Gasteiger partial charge in [0.15, 0.2) is 11.7 Å². The van der Waals surface area contributed by atoms with E-state index in [0.29, 0.717) is 5.01 Å². The summed E-state index contributed by atoms with van der Waals surface area (Å²) in [6, 6.07) is 7.56. The van der Waals surface area contributed by atoms with Crippen LogP contribution in [0.1, 0.15) is 16.6 Å². The zero-order valence-electron chi connectivity index (χ0n) is 10.2. The summed E-state index contributed by atoms with van der Waals surface area (Å²) in [5, 5.41) is 12.3. The Morgan fingerprint density at radius 3 is 3.00 bits per heavy atom. The molecule has 4 nitrogen and oxygen atoms in total.